The Labute approximate surface area is 111 Å². The smallest absolute Gasteiger partial charge is 0.0808 e. The van der Waals surface area contributed by atoms with Crippen LogP contribution in [0.4, 0.5) is 0 Å². The standard InChI is InChI=1S/C14H29NO3/c1-13(2)17-10-5-7-15-8-11-16-12-14-6-3-4-9-18-14/h13-15H,3-12H2,1-2H3. The SMILES string of the molecule is CC(C)OCCCNCCOCC1CCCCO1. The Morgan fingerprint density at radius 3 is 2.83 bits per heavy atom. The Morgan fingerprint density at radius 2 is 2.11 bits per heavy atom. The van der Waals surface area contributed by atoms with Gasteiger partial charge in [0.25, 0.3) is 0 Å². The molecule has 1 atom stereocenters. The molecule has 1 saturated heterocycles. The Bertz CT molecular complexity index is 182. The van der Waals surface area contributed by atoms with Crippen molar-refractivity contribution in [3.8, 4) is 0 Å². The largest absolute Gasteiger partial charge is 0.379 e. The molecule has 1 rings (SSSR count). The third-order valence-electron chi connectivity index (χ3n) is 2.95. The molecule has 1 N–H and O–H groups in total. The molecule has 1 fully saturated rings. The molecule has 0 aromatic carbocycles. The van der Waals surface area contributed by atoms with Crippen LogP contribution < -0.4 is 5.32 Å². The van der Waals surface area contributed by atoms with Crippen LogP contribution in [0.15, 0.2) is 0 Å². The lowest BCUT2D eigenvalue weighted by Crippen LogP contribution is -2.27. The monoisotopic (exact) mass is 259 g/mol. The van der Waals surface area contributed by atoms with Crippen LogP contribution in [-0.4, -0.2) is 51.7 Å². The molecule has 1 unspecified atom stereocenters. The lowest BCUT2D eigenvalue weighted by molar-refractivity contribution is -0.0399. The number of hydrogen-bond donors (Lipinski definition) is 1. The van der Waals surface area contributed by atoms with Crippen molar-refractivity contribution in [2.24, 2.45) is 0 Å². The van der Waals surface area contributed by atoms with E-state index in [2.05, 4.69) is 19.2 Å². The van der Waals surface area contributed by atoms with Gasteiger partial charge in [-0.25, -0.2) is 0 Å². The predicted octanol–water partition coefficient (Wildman–Crippen LogP) is 1.98. The third kappa shape index (κ3) is 8.86. The number of rotatable bonds is 10. The van der Waals surface area contributed by atoms with Gasteiger partial charge < -0.3 is 19.5 Å². The Kier molecular flexibility index (Phi) is 9.48. The van der Waals surface area contributed by atoms with Crippen molar-refractivity contribution < 1.29 is 14.2 Å². The van der Waals surface area contributed by atoms with Gasteiger partial charge in [-0.05, 0) is 46.1 Å². The molecule has 0 radical (unpaired) electrons. The van der Waals surface area contributed by atoms with Crippen molar-refractivity contribution in [1.29, 1.82) is 0 Å². The Hall–Kier alpha value is -0.160. The zero-order chi connectivity index (χ0) is 13.1. The minimum absolute atomic E-state index is 0.332. The van der Waals surface area contributed by atoms with E-state index in [4.69, 9.17) is 14.2 Å². The maximum Gasteiger partial charge on any atom is 0.0808 e. The molecule has 0 bridgehead atoms. The van der Waals surface area contributed by atoms with Gasteiger partial charge in [-0.15, -0.1) is 0 Å². The molecule has 0 saturated carbocycles. The van der Waals surface area contributed by atoms with E-state index in [0.29, 0.717) is 12.2 Å². The van der Waals surface area contributed by atoms with Gasteiger partial charge in [-0.1, -0.05) is 0 Å². The van der Waals surface area contributed by atoms with Crippen molar-refractivity contribution in [3.05, 3.63) is 0 Å². The fourth-order valence-corrected chi connectivity index (χ4v) is 1.94. The van der Waals surface area contributed by atoms with Gasteiger partial charge >= 0.3 is 0 Å². The molecule has 0 aromatic heterocycles. The molecule has 0 aromatic rings. The van der Waals surface area contributed by atoms with Gasteiger partial charge in [0, 0.05) is 19.8 Å². The summed E-state index contributed by atoms with van der Waals surface area (Å²) in [6.45, 7) is 9.29. The molecular weight excluding hydrogens is 230 g/mol. The van der Waals surface area contributed by atoms with Crippen LogP contribution in [0.3, 0.4) is 0 Å². The first-order valence-corrected chi connectivity index (χ1v) is 7.30. The van der Waals surface area contributed by atoms with Crippen molar-refractivity contribution in [2.45, 2.75) is 51.7 Å². The van der Waals surface area contributed by atoms with E-state index in [1.165, 1.54) is 12.8 Å². The second-order valence-corrected chi connectivity index (χ2v) is 5.09. The Balaban J connectivity index is 1.75. The molecule has 18 heavy (non-hydrogen) atoms. The van der Waals surface area contributed by atoms with Crippen LogP contribution >= 0.6 is 0 Å². The van der Waals surface area contributed by atoms with Crippen LogP contribution in [0.2, 0.25) is 0 Å². The summed E-state index contributed by atoms with van der Waals surface area (Å²) in [5, 5.41) is 3.35. The van der Waals surface area contributed by atoms with Crippen molar-refractivity contribution in [2.75, 3.05) is 39.5 Å². The van der Waals surface area contributed by atoms with Gasteiger partial charge in [0.05, 0.1) is 25.4 Å². The van der Waals surface area contributed by atoms with Crippen LogP contribution in [0.5, 0.6) is 0 Å². The summed E-state index contributed by atoms with van der Waals surface area (Å²) in [6.07, 6.45) is 5.37. The first-order chi connectivity index (χ1) is 8.79. The minimum atomic E-state index is 0.332. The second-order valence-electron chi connectivity index (χ2n) is 5.09. The maximum absolute atomic E-state index is 5.60. The minimum Gasteiger partial charge on any atom is -0.379 e. The van der Waals surface area contributed by atoms with Gasteiger partial charge in [-0.2, -0.15) is 0 Å². The van der Waals surface area contributed by atoms with E-state index in [1.807, 2.05) is 0 Å². The lowest BCUT2D eigenvalue weighted by atomic mass is 10.1. The fraction of sp³-hybridized carbons (Fsp3) is 1.00. The number of ether oxygens (including phenoxy) is 3. The first kappa shape index (κ1) is 15.9. The van der Waals surface area contributed by atoms with Crippen LogP contribution in [0.1, 0.15) is 39.5 Å². The number of nitrogens with one attached hydrogen (secondary N) is 1. The van der Waals surface area contributed by atoms with Crippen molar-refractivity contribution in [1.82, 2.24) is 5.32 Å². The summed E-state index contributed by atoms with van der Waals surface area (Å²) in [5.41, 5.74) is 0. The molecule has 1 aliphatic heterocycles. The molecule has 0 amide bonds. The van der Waals surface area contributed by atoms with E-state index in [0.717, 1.165) is 52.4 Å². The molecule has 0 aliphatic carbocycles. The van der Waals surface area contributed by atoms with E-state index in [1.54, 1.807) is 0 Å². The maximum atomic E-state index is 5.60. The lowest BCUT2D eigenvalue weighted by Gasteiger charge is -2.22. The average molecular weight is 259 g/mol. The molecule has 1 aliphatic rings. The van der Waals surface area contributed by atoms with E-state index < -0.39 is 0 Å². The highest BCUT2D eigenvalue weighted by molar-refractivity contribution is 4.62. The van der Waals surface area contributed by atoms with Crippen LogP contribution in [0, 0.1) is 0 Å². The van der Waals surface area contributed by atoms with Crippen LogP contribution in [-0.2, 0) is 14.2 Å². The predicted molar refractivity (Wildman–Crippen MR) is 73.0 cm³/mol. The fourth-order valence-electron chi connectivity index (χ4n) is 1.94. The topological polar surface area (TPSA) is 39.7 Å². The quantitative estimate of drug-likeness (QED) is 0.609. The number of hydrogen-bond acceptors (Lipinski definition) is 4. The molecule has 108 valence electrons. The highest BCUT2D eigenvalue weighted by atomic mass is 16.5. The summed E-state index contributed by atoms with van der Waals surface area (Å²) >= 11 is 0. The van der Waals surface area contributed by atoms with E-state index in [9.17, 15) is 0 Å². The zero-order valence-electron chi connectivity index (χ0n) is 12.0. The molecule has 0 spiro atoms. The van der Waals surface area contributed by atoms with Gasteiger partial charge in [-0.3, -0.25) is 0 Å². The summed E-state index contributed by atoms with van der Waals surface area (Å²) in [7, 11) is 0. The molecule has 4 nitrogen and oxygen atoms in total. The zero-order valence-corrected chi connectivity index (χ0v) is 12.0. The first-order valence-electron chi connectivity index (χ1n) is 7.30. The third-order valence-corrected chi connectivity index (χ3v) is 2.95. The normalized spacial score (nSPS) is 20.5. The van der Waals surface area contributed by atoms with Gasteiger partial charge in [0.1, 0.15) is 0 Å². The van der Waals surface area contributed by atoms with Crippen molar-refractivity contribution in [3.63, 3.8) is 0 Å². The average Bonchev–Trinajstić information content (AvgIpc) is 2.37. The second kappa shape index (κ2) is 10.7. The van der Waals surface area contributed by atoms with E-state index >= 15 is 0 Å². The molecule has 1 heterocycles. The molecular formula is C14H29NO3. The van der Waals surface area contributed by atoms with Gasteiger partial charge in [0.15, 0.2) is 0 Å². The summed E-state index contributed by atoms with van der Waals surface area (Å²) in [4.78, 5) is 0. The highest BCUT2D eigenvalue weighted by Gasteiger charge is 2.13. The van der Waals surface area contributed by atoms with E-state index in [-0.39, 0.29) is 0 Å². The Morgan fingerprint density at radius 1 is 1.22 bits per heavy atom. The summed E-state index contributed by atoms with van der Waals surface area (Å²) < 4.78 is 16.7. The molecule has 4 heteroatoms. The highest BCUT2D eigenvalue weighted by Crippen LogP contribution is 2.12. The summed E-state index contributed by atoms with van der Waals surface area (Å²) in [5.74, 6) is 0. The summed E-state index contributed by atoms with van der Waals surface area (Å²) in [6, 6.07) is 0. The van der Waals surface area contributed by atoms with Crippen LogP contribution in [0.25, 0.3) is 0 Å². The van der Waals surface area contributed by atoms with Crippen molar-refractivity contribution >= 4 is 0 Å². The van der Waals surface area contributed by atoms with Gasteiger partial charge in [0.2, 0.25) is 0 Å².